The van der Waals surface area contributed by atoms with Crippen LogP contribution in [-0.2, 0) is 0 Å². The highest BCUT2D eigenvalue weighted by Crippen LogP contribution is 2.28. The minimum atomic E-state index is 0.647. The minimum Gasteiger partial charge on any atom is -0.353 e. The fraction of sp³-hybridized carbons (Fsp3) is 0.200. The molecule has 0 saturated heterocycles. The number of hydrogen-bond acceptors (Lipinski definition) is 5. The molecule has 0 spiro atoms. The zero-order chi connectivity index (χ0) is 11.4. The second kappa shape index (κ2) is 5.65. The number of aromatic nitrogens is 2. The number of anilines is 1. The first-order valence-corrected chi connectivity index (χ1v) is 7.01. The number of halogens is 1. The highest BCUT2D eigenvalue weighted by Gasteiger charge is 2.02. The molecule has 2 rings (SSSR count). The molecule has 0 unspecified atom stereocenters. The van der Waals surface area contributed by atoms with E-state index in [0.717, 1.165) is 27.2 Å². The summed E-state index contributed by atoms with van der Waals surface area (Å²) in [7, 11) is 0. The number of nitrogens with one attached hydrogen (secondary N) is 1. The van der Waals surface area contributed by atoms with E-state index in [0.29, 0.717) is 5.95 Å². The molecule has 0 radical (unpaired) electrons. The molecular formula is C10H10BrN3S2. The predicted molar refractivity (Wildman–Crippen MR) is 75.4 cm³/mol. The van der Waals surface area contributed by atoms with E-state index in [9.17, 15) is 0 Å². The summed E-state index contributed by atoms with van der Waals surface area (Å²) in [4.78, 5) is 9.63. The average molecular weight is 316 g/mol. The Morgan fingerprint density at radius 3 is 2.69 bits per heavy atom. The fourth-order valence-corrected chi connectivity index (χ4v) is 2.70. The van der Waals surface area contributed by atoms with Crippen molar-refractivity contribution in [2.45, 2.75) is 0 Å². The van der Waals surface area contributed by atoms with Gasteiger partial charge in [0.2, 0.25) is 5.95 Å². The van der Waals surface area contributed by atoms with Crippen LogP contribution in [0.3, 0.4) is 0 Å². The monoisotopic (exact) mass is 315 g/mol. The molecule has 16 heavy (non-hydrogen) atoms. The molecule has 0 aliphatic heterocycles. The molecular weight excluding hydrogens is 306 g/mol. The van der Waals surface area contributed by atoms with Gasteiger partial charge in [0.1, 0.15) is 0 Å². The van der Waals surface area contributed by atoms with Crippen molar-refractivity contribution >= 4 is 45.8 Å². The van der Waals surface area contributed by atoms with E-state index in [1.54, 1.807) is 11.3 Å². The highest BCUT2D eigenvalue weighted by molar-refractivity contribution is 9.10. The smallest absolute Gasteiger partial charge is 0.222 e. The van der Waals surface area contributed by atoms with Crippen LogP contribution in [0.4, 0.5) is 5.95 Å². The van der Waals surface area contributed by atoms with Gasteiger partial charge in [-0.05, 0) is 22.0 Å². The number of rotatable bonds is 4. The molecule has 2 aromatic rings. The van der Waals surface area contributed by atoms with Crippen LogP contribution in [0, 0.1) is 0 Å². The summed E-state index contributed by atoms with van der Waals surface area (Å²) in [6.45, 7) is 0.771. The van der Waals surface area contributed by atoms with Gasteiger partial charge in [0.15, 0.2) is 0 Å². The lowest BCUT2D eigenvalue weighted by Gasteiger charge is -2.02. The molecule has 0 aliphatic rings. The van der Waals surface area contributed by atoms with E-state index in [-0.39, 0.29) is 0 Å². The van der Waals surface area contributed by atoms with Crippen molar-refractivity contribution in [3.63, 3.8) is 0 Å². The Kier molecular flexibility index (Phi) is 4.20. The molecule has 0 aliphatic carbocycles. The maximum Gasteiger partial charge on any atom is 0.222 e. The Hall–Kier alpha value is -0.590. The Morgan fingerprint density at radius 2 is 2.12 bits per heavy atom. The average Bonchev–Trinajstić information content (AvgIpc) is 2.74. The van der Waals surface area contributed by atoms with Gasteiger partial charge in [0, 0.05) is 45.0 Å². The second-order valence-electron chi connectivity index (χ2n) is 3.07. The topological polar surface area (TPSA) is 37.8 Å². The van der Waals surface area contributed by atoms with Gasteiger partial charge in [0.25, 0.3) is 0 Å². The van der Waals surface area contributed by atoms with Crippen molar-refractivity contribution in [2.75, 3.05) is 17.6 Å². The molecule has 0 saturated carbocycles. The van der Waals surface area contributed by atoms with Gasteiger partial charge >= 0.3 is 0 Å². The standard InChI is InChI=1S/C10H10BrN3S2/c11-8-3-9(16-6-8)7-4-13-10(14-5-7)12-1-2-15/h3-6,15H,1-2H2,(H,12,13,14). The summed E-state index contributed by atoms with van der Waals surface area (Å²) in [5.74, 6) is 1.41. The molecule has 0 atom stereocenters. The van der Waals surface area contributed by atoms with E-state index < -0.39 is 0 Å². The molecule has 0 aromatic carbocycles. The Bertz CT molecular complexity index is 455. The number of thiophene rings is 1. The summed E-state index contributed by atoms with van der Waals surface area (Å²) in [6.07, 6.45) is 3.65. The summed E-state index contributed by atoms with van der Waals surface area (Å²) in [5.41, 5.74) is 1.03. The summed E-state index contributed by atoms with van der Waals surface area (Å²) in [6, 6.07) is 2.06. The van der Waals surface area contributed by atoms with Crippen molar-refractivity contribution in [1.82, 2.24) is 9.97 Å². The largest absolute Gasteiger partial charge is 0.353 e. The molecule has 0 amide bonds. The summed E-state index contributed by atoms with van der Waals surface area (Å²) < 4.78 is 1.09. The minimum absolute atomic E-state index is 0.647. The zero-order valence-electron chi connectivity index (χ0n) is 8.35. The van der Waals surface area contributed by atoms with Crippen molar-refractivity contribution < 1.29 is 0 Å². The Balaban J connectivity index is 2.13. The van der Waals surface area contributed by atoms with Crippen LogP contribution >= 0.6 is 39.9 Å². The van der Waals surface area contributed by atoms with E-state index in [1.807, 2.05) is 17.8 Å². The lowest BCUT2D eigenvalue weighted by Crippen LogP contribution is -2.05. The summed E-state index contributed by atoms with van der Waals surface area (Å²) >= 11 is 9.20. The summed E-state index contributed by atoms with van der Waals surface area (Å²) in [5, 5.41) is 5.12. The Labute approximate surface area is 112 Å². The molecule has 2 aromatic heterocycles. The first kappa shape index (κ1) is 11.9. The Morgan fingerprint density at radius 1 is 1.38 bits per heavy atom. The fourth-order valence-electron chi connectivity index (χ4n) is 1.18. The van der Waals surface area contributed by atoms with E-state index >= 15 is 0 Å². The van der Waals surface area contributed by atoms with Crippen LogP contribution < -0.4 is 5.32 Å². The van der Waals surface area contributed by atoms with Crippen molar-refractivity contribution in [3.8, 4) is 10.4 Å². The zero-order valence-corrected chi connectivity index (χ0v) is 11.6. The van der Waals surface area contributed by atoms with Crippen LogP contribution in [0.15, 0.2) is 28.3 Å². The van der Waals surface area contributed by atoms with Gasteiger partial charge in [-0.2, -0.15) is 12.6 Å². The SMILES string of the molecule is SCCNc1ncc(-c2cc(Br)cs2)cn1. The lowest BCUT2D eigenvalue weighted by molar-refractivity contribution is 1.09. The van der Waals surface area contributed by atoms with Gasteiger partial charge in [-0.15, -0.1) is 11.3 Å². The lowest BCUT2D eigenvalue weighted by atomic mass is 10.3. The maximum absolute atomic E-state index is 4.24. The van der Waals surface area contributed by atoms with Gasteiger partial charge in [0.05, 0.1) is 0 Å². The van der Waals surface area contributed by atoms with Crippen LogP contribution in [0.5, 0.6) is 0 Å². The van der Waals surface area contributed by atoms with Crippen LogP contribution in [0.1, 0.15) is 0 Å². The van der Waals surface area contributed by atoms with Crippen LogP contribution in [0.2, 0.25) is 0 Å². The third-order valence-electron chi connectivity index (χ3n) is 1.90. The molecule has 0 fully saturated rings. The van der Waals surface area contributed by atoms with Crippen molar-refractivity contribution in [3.05, 3.63) is 28.3 Å². The third-order valence-corrected chi connectivity index (χ3v) is 3.86. The van der Waals surface area contributed by atoms with Gasteiger partial charge in [-0.3, -0.25) is 0 Å². The van der Waals surface area contributed by atoms with Gasteiger partial charge in [-0.25, -0.2) is 9.97 Å². The van der Waals surface area contributed by atoms with Gasteiger partial charge in [-0.1, -0.05) is 0 Å². The highest BCUT2D eigenvalue weighted by atomic mass is 79.9. The van der Waals surface area contributed by atoms with Gasteiger partial charge < -0.3 is 5.32 Å². The first-order valence-electron chi connectivity index (χ1n) is 4.71. The maximum atomic E-state index is 4.24. The third kappa shape index (κ3) is 2.96. The molecule has 2 heterocycles. The van der Waals surface area contributed by atoms with Crippen LogP contribution in [0.25, 0.3) is 10.4 Å². The quantitative estimate of drug-likeness (QED) is 0.850. The molecule has 84 valence electrons. The number of nitrogens with zero attached hydrogens (tertiary/aromatic N) is 2. The normalized spacial score (nSPS) is 10.4. The number of thiol groups is 1. The molecule has 1 N–H and O–H groups in total. The predicted octanol–water partition coefficient (Wildman–Crippen LogP) is 3.31. The van der Waals surface area contributed by atoms with Crippen molar-refractivity contribution in [1.29, 1.82) is 0 Å². The second-order valence-corrected chi connectivity index (χ2v) is 5.35. The first-order chi connectivity index (χ1) is 7.79. The van der Waals surface area contributed by atoms with Crippen LogP contribution in [-0.4, -0.2) is 22.3 Å². The van der Waals surface area contributed by atoms with Crippen molar-refractivity contribution in [2.24, 2.45) is 0 Å². The van der Waals surface area contributed by atoms with E-state index in [2.05, 4.69) is 49.9 Å². The molecule has 3 nitrogen and oxygen atoms in total. The number of hydrogen-bond donors (Lipinski definition) is 2. The molecule has 6 heteroatoms. The van der Waals surface area contributed by atoms with E-state index in [1.165, 1.54) is 0 Å². The molecule has 0 bridgehead atoms. The van der Waals surface area contributed by atoms with E-state index in [4.69, 9.17) is 0 Å².